The molecule has 6 rings (SSSR count). The largest absolute Gasteiger partial charge is 0.457 e. The molecule has 0 aliphatic carbocycles. The van der Waals surface area contributed by atoms with E-state index in [0.29, 0.717) is 0 Å². The van der Waals surface area contributed by atoms with Gasteiger partial charge in [0.15, 0.2) is 0 Å². The predicted molar refractivity (Wildman–Crippen MR) is 166 cm³/mol. The van der Waals surface area contributed by atoms with Crippen LogP contribution in [-0.4, -0.2) is 9.85 Å². The van der Waals surface area contributed by atoms with E-state index < -0.39 is 70.3 Å². The summed E-state index contributed by atoms with van der Waals surface area (Å²) in [6.45, 7) is -2.27. The van der Waals surface area contributed by atoms with Crippen LogP contribution in [0.2, 0.25) is 0 Å². The lowest BCUT2D eigenvalue weighted by Gasteiger charge is -2.12. The van der Waals surface area contributed by atoms with Crippen LogP contribution in [-0.2, 0) is 26.2 Å². The molecule has 0 saturated carbocycles. The van der Waals surface area contributed by atoms with Crippen LogP contribution in [0, 0.1) is 31.9 Å². The van der Waals surface area contributed by atoms with Gasteiger partial charge < -0.3 is 13.6 Å². The molecule has 11 nitrogen and oxygen atoms in total. The Balaban J connectivity index is 1.32. The van der Waals surface area contributed by atoms with Crippen molar-refractivity contribution < 1.29 is 41.0 Å². The highest BCUT2D eigenvalue weighted by atomic mass is 19.1. The lowest BCUT2D eigenvalue weighted by atomic mass is 9.98. The summed E-state index contributed by atoms with van der Waals surface area (Å²) in [6.07, 6.45) is -0.928. The molecule has 0 N–H and O–H groups in total. The van der Waals surface area contributed by atoms with E-state index >= 15 is 0 Å². The topological polar surface area (TPSA) is 156 Å². The maximum atomic E-state index is 14.7. The van der Waals surface area contributed by atoms with Crippen molar-refractivity contribution in [3.8, 4) is 11.5 Å². The number of halogens is 4. The lowest BCUT2D eigenvalue weighted by molar-refractivity contribution is -0.387. The van der Waals surface area contributed by atoms with Crippen molar-refractivity contribution in [3.63, 3.8) is 0 Å². The fourth-order valence-corrected chi connectivity index (χ4v) is 5.56. The summed E-state index contributed by atoms with van der Waals surface area (Å²) in [5.74, 6) is -2.11. The third-order valence-electron chi connectivity index (χ3n) is 7.93. The highest BCUT2D eigenvalue weighted by Crippen LogP contribution is 2.33. The summed E-state index contributed by atoms with van der Waals surface area (Å²) in [5.41, 5.74) is -4.76. The summed E-state index contributed by atoms with van der Waals surface area (Å²) in [4.78, 5) is 46.2. The quantitative estimate of drug-likeness (QED) is 0.0609. The summed E-state index contributed by atoms with van der Waals surface area (Å²) >= 11 is 0. The van der Waals surface area contributed by atoms with E-state index in [9.17, 15) is 47.4 Å². The second kappa shape index (κ2) is 13.0. The number of alkyl halides is 2. The SMILES string of the molecule is O=c1oc2cc(Oc3ccc4c(CF)c(Cc5cccc([N+](=O)[O-])c5F)c(=O)oc4c3)ccc2c(CF)c1Cc1cccc([N+](=O)[O-])c1F. The molecule has 6 aromatic rings. The van der Waals surface area contributed by atoms with Crippen LogP contribution < -0.4 is 16.0 Å². The molecule has 248 valence electrons. The Morgan fingerprint density at radius 3 is 1.39 bits per heavy atom. The Morgan fingerprint density at radius 1 is 0.612 bits per heavy atom. The standard InChI is InChI=1S/C34H20F4N2O9/c35-15-25-21-9-7-19(13-29(21)48-33(41)23(25)11-17-3-1-5-27(31(17)37)39(43)44)47-20-8-10-22-26(16-36)24(34(42)49-30(22)14-20)12-18-4-2-6-28(32(18)38)40(45)46/h1-10,13-14H,11-12,15-16H2. The van der Waals surface area contributed by atoms with Gasteiger partial charge in [-0.05, 0) is 35.4 Å². The van der Waals surface area contributed by atoms with E-state index in [1.165, 1.54) is 60.7 Å². The average molecular weight is 677 g/mol. The van der Waals surface area contributed by atoms with E-state index in [1.54, 1.807) is 0 Å². The van der Waals surface area contributed by atoms with Gasteiger partial charge in [0.05, 0.1) is 9.85 Å². The van der Waals surface area contributed by atoms with Gasteiger partial charge in [-0.2, -0.15) is 8.78 Å². The number of hydrogen-bond donors (Lipinski definition) is 0. The molecule has 49 heavy (non-hydrogen) atoms. The third kappa shape index (κ3) is 6.08. The van der Waals surface area contributed by atoms with Crippen molar-refractivity contribution in [2.45, 2.75) is 26.2 Å². The van der Waals surface area contributed by atoms with Crippen LogP contribution in [0.5, 0.6) is 11.5 Å². The first-order chi connectivity index (χ1) is 23.5. The Bertz CT molecular complexity index is 2270. The number of ether oxygens (including phenoxy) is 1. The van der Waals surface area contributed by atoms with E-state index in [-0.39, 0.29) is 66.8 Å². The zero-order valence-electron chi connectivity index (χ0n) is 24.8. The number of rotatable bonds is 10. The van der Waals surface area contributed by atoms with E-state index in [2.05, 4.69) is 0 Å². The monoisotopic (exact) mass is 676 g/mol. The van der Waals surface area contributed by atoms with Gasteiger partial charge in [0.25, 0.3) is 0 Å². The van der Waals surface area contributed by atoms with E-state index in [0.717, 1.165) is 12.1 Å². The zero-order valence-corrected chi connectivity index (χ0v) is 24.8. The minimum absolute atomic E-state index is 0.0801. The Morgan fingerprint density at radius 2 is 1.02 bits per heavy atom. The fourth-order valence-electron chi connectivity index (χ4n) is 5.56. The summed E-state index contributed by atoms with van der Waals surface area (Å²) in [7, 11) is 0. The Labute approximate surface area is 270 Å². The molecule has 0 spiro atoms. The number of nitro groups is 2. The summed E-state index contributed by atoms with van der Waals surface area (Å²) in [6, 6.07) is 15.1. The smallest absolute Gasteiger partial charge is 0.340 e. The molecule has 2 aromatic heterocycles. The molecule has 0 aliphatic rings. The highest BCUT2D eigenvalue weighted by molar-refractivity contribution is 5.84. The second-order valence-corrected chi connectivity index (χ2v) is 10.7. The van der Waals surface area contributed by atoms with Crippen molar-refractivity contribution in [1.29, 1.82) is 0 Å². The molecule has 0 amide bonds. The van der Waals surface area contributed by atoms with Gasteiger partial charge in [-0.15, -0.1) is 0 Å². The van der Waals surface area contributed by atoms with Crippen LogP contribution in [0.3, 0.4) is 0 Å². The second-order valence-electron chi connectivity index (χ2n) is 10.7. The number of fused-ring (bicyclic) bond motifs is 2. The maximum absolute atomic E-state index is 14.7. The summed E-state index contributed by atoms with van der Waals surface area (Å²) in [5, 5.41) is 22.6. The Kier molecular flexibility index (Phi) is 8.65. The minimum atomic E-state index is -1.15. The van der Waals surface area contributed by atoms with Crippen LogP contribution in [0.25, 0.3) is 21.9 Å². The van der Waals surface area contributed by atoms with E-state index in [1.807, 2.05) is 0 Å². The lowest BCUT2D eigenvalue weighted by Crippen LogP contribution is -2.13. The van der Waals surface area contributed by atoms with Gasteiger partial charge in [0.1, 0.15) is 36.0 Å². The normalized spacial score (nSPS) is 11.3. The molecule has 0 bridgehead atoms. The number of benzene rings is 4. The first-order valence-corrected chi connectivity index (χ1v) is 14.3. The predicted octanol–water partition coefficient (Wildman–Crippen LogP) is 7.91. The third-order valence-corrected chi connectivity index (χ3v) is 7.93. The maximum Gasteiger partial charge on any atom is 0.340 e. The van der Waals surface area contributed by atoms with Gasteiger partial charge in [-0.3, -0.25) is 20.2 Å². The van der Waals surface area contributed by atoms with Crippen molar-refractivity contribution in [2.75, 3.05) is 0 Å². The van der Waals surface area contributed by atoms with Crippen LogP contribution in [0.15, 0.2) is 91.2 Å². The molecule has 0 radical (unpaired) electrons. The molecule has 0 fully saturated rings. The zero-order chi connectivity index (χ0) is 35.0. The summed E-state index contributed by atoms with van der Waals surface area (Å²) < 4.78 is 74.6. The number of nitro benzene ring substituents is 2. The molecule has 4 aromatic carbocycles. The minimum Gasteiger partial charge on any atom is -0.457 e. The molecule has 0 aliphatic heterocycles. The van der Waals surface area contributed by atoms with Gasteiger partial charge in [0.2, 0.25) is 11.6 Å². The first-order valence-electron chi connectivity index (χ1n) is 14.3. The van der Waals surface area contributed by atoms with Crippen LogP contribution in [0.1, 0.15) is 33.4 Å². The van der Waals surface area contributed by atoms with Crippen molar-refractivity contribution >= 4 is 33.3 Å². The Hall–Kier alpha value is -6.38. The van der Waals surface area contributed by atoms with Crippen molar-refractivity contribution in [2.24, 2.45) is 0 Å². The van der Waals surface area contributed by atoms with Crippen molar-refractivity contribution in [1.82, 2.24) is 0 Å². The van der Waals surface area contributed by atoms with Crippen LogP contribution >= 0.6 is 0 Å². The molecular formula is C34H20F4N2O9. The van der Waals surface area contributed by atoms with Crippen molar-refractivity contribution in [3.05, 3.63) is 159 Å². The fraction of sp³-hybridized carbons (Fsp3) is 0.118. The average Bonchev–Trinajstić information content (AvgIpc) is 3.06. The highest BCUT2D eigenvalue weighted by Gasteiger charge is 2.23. The first kappa shape index (κ1) is 32.6. The van der Waals surface area contributed by atoms with Gasteiger partial charge >= 0.3 is 22.6 Å². The van der Waals surface area contributed by atoms with E-state index in [4.69, 9.17) is 13.6 Å². The molecule has 0 saturated heterocycles. The van der Waals surface area contributed by atoms with Gasteiger partial charge in [0, 0.05) is 70.1 Å². The molecule has 15 heteroatoms. The molecular weight excluding hydrogens is 656 g/mol. The van der Waals surface area contributed by atoms with Gasteiger partial charge in [-0.25, -0.2) is 18.4 Å². The van der Waals surface area contributed by atoms with Gasteiger partial charge in [-0.1, -0.05) is 24.3 Å². The number of nitrogens with zero attached hydrogens (tertiary/aromatic N) is 2. The molecule has 0 unspecified atom stereocenters. The van der Waals surface area contributed by atoms with Crippen LogP contribution in [0.4, 0.5) is 28.9 Å². The molecule has 2 heterocycles. The molecule has 0 atom stereocenters. The number of hydrogen-bond acceptors (Lipinski definition) is 9.